The zero-order chi connectivity index (χ0) is 20.1. The highest BCUT2D eigenvalue weighted by atomic mass is 32.1. The summed E-state index contributed by atoms with van der Waals surface area (Å²) in [6.45, 7) is 2.75. The van der Waals surface area contributed by atoms with Crippen molar-refractivity contribution in [3.63, 3.8) is 0 Å². The van der Waals surface area contributed by atoms with Crippen LogP contribution in [0.5, 0.6) is 11.5 Å². The molecule has 8 heteroatoms. The van der Waals surface area contributed by atoms with E-state index in [1.807, 2.05) is 61.4 Å². The van der Waals surface area contributed by atoms with E-state index in [4.69, 9.17) is 17.4 Å². The number of methoxy groups -OCH3 is 1. The highest BCUT2D eigenvalue weighted by Crippen LogP contribution is 2.30. The molecule has 2 aromatic carbocycles. The molecule has 0 amide bonds. The number of aromatic nitrogens is 1. The van der Waals surface area contributed by atoms with Crippen molar-refractivity contribution in [2.75, 3.05) is 19.1 Å². The molecular formula is C20H22BN4O2S+. The Bertz CT molecular complexity index is 990. The number of rotatable bonds is 7. The van der Waals surface area contributed by atoms with Crippen molar-refractivity contribution in [2.45, 2.75) is 13.5 Å². The molecule has 0 unspecified atom stereocenters. The second kappa shape index (κ2) is 8.88. The van der Waals surface area contributed by atoms with Crippen LogP contribution in [0.2, 0.25) is 0 Å². The molecule has 142 valence electrons. The number of anilines is 1. The fourth-order valence-corrected chi connectivity index (χ4v) is 3.46. The van der Waals surface area contributed by atoms with Gasteiger partial charge in [-0.1, -0.05) is 6.07 Å². The molecule has 1 aromatic heterocycles. The Morgan fingerprint density at radius 1 is 1.14 bits per heavy atom. The van der Waals surface area contributed by atoms with E-state index in [0.29, 0.717) is 18.0 Å². The second-order valence-corrected chi connectivity index (χ2v) is 7.30. The number of aryl methyl sites for hydroxylation is 2. The van der Waals surface area contributed by atoms with Gasteiger partial charge in [0.05, 0.1) is 19.3 Å². The fourth-order valence-electron chi connectivity index (χ4n) is 2.78. The topological polar surface area (TPSA) is 50.3 Å². The number of hydrogen-bond acceptors (Lipinski definition) is 6. The van der Waals surface area contributed by atoms with Gasteiger partial charge in [0.15, 0.2) is 5.75 Å². The van der Waals surface area contributed by atoms with Gasteiger partial charge in [0.1, 0.15) is 17.6 Å². The van der Waals surface area contributed by atoms with E-state index >= 15 is 0 Å². The molecule has 0 aliphatic carbocycles. The molecule has 0 fully saturated rings. The van der Waals surface area contributed by atoms with Crippen LogP contribution in [0.1, 0.15) is 11.1 Å². The van der Waals surface area contributed by atoms with E-state index in [0.717, 1.165) is 27.6 Å². The van der Waals surface area contributed by atoms with Gasteiger partial charge in [0.2, 0.25) is 0 Å². The minimum absolute atomic E-state index is 0.513. The largest absolute Gasteiger partial charge is 0.565 e. The van der Waals surface area contributed by atoms with Crippen LogP contribution in [0.3, 0.4) is 0 Å². The average Bonchev–Trinajstić information content (AvgIpc) is 3.11. The SMILES string of the molecule is [B]Oc1ccc(CN(C)c2ccc(N=Nc3scc[n+]3C)c(C)c2)cc1OC. The van der Waals surface area contributed by atoms with Crippen LogP contribution in [0, 0.1) is 6.92 Å². The number of ether oxygens (including phenoxy) is 1. The molecule has 0 atom stereocenters. The molecule has 0 bridgehead atoms. The first-order chi connectivity index (χ1) is 13.5. The predicted molar refractivity (Wildman–Crippen MR) is 112 cm³/mol. The fraction of sp³-hybridized carbons (Fsp3) is 0.250. The molecule has 0 N–H and O–H groups in total. The Morgan fingerprint density at radius 3 is 2.61 bits per heavy atom. The van der Waals surface area contributed by atoms with E-state index < -0.39 is 0 Å². The molecule has 2 radical (unpaired) electrons. The minimum atomic E-state index is 0.513. The van der Waals surface area contributed by atoms with Crippen LogP contribution in [0.15, 0.2) is 58.2 Å². The third-order valence-corrected chi connectivity index (χ3v) is 5.24. The third-order valence-electron chi connectivity index (χ3n) is 4.40. The van der Waals surface area contributed by atoms with Gasteiger partial charge in [-0.3, -0.25) is 0 Å². The van der Waals surface area contributed by atoms with E-state index in [2.05, 4.69) is 21.2 Å². The summed E-state index contributed by atoms with van der Waals surface area (Å²) in [5, 5.41) is 11.6. The summed E-state index contributed by atoms with van der Waals surface area (Å²) in [6, 6.07) is 11.8. The molecule has 3 rings (SSSR count). The van der Waals surface area contributed by atoms with Gasteiger partial charge in [-0.15, -0.1) is 0 Å². The minimum Gasteiger partial charge on any atom is -0.565 e. The van der Waals surface area contributed by atoms with Gasteiger partial charge in [0.25, 0.3) is 0 Å². The van der Waals surface area contributed by atoms with Crippen molar-refractivity contribution in [1.82, 2.24) is 0 Å². The number of azo groups is 1. The van der Waals surface area contributed by atoms with Crippen LogP contribution in [-0.4, -0.2) is 22.2 Å². The lowest BCUT2D eigenvalue weighted by molar-refractivity contribution is -0.654. The lowest BCUT2D eigenvalue weighted by Gasteiger charge is -2.21. The monoisotopic (exact) mass is 393 g/mol. The van der Waals surface area contributed by atoms with Gasteiger partial charge in [-0.25, -0.2) is 4.57 Å². The summed E-state index contributed by atoms with van der Waals surface area (Å²) >= 11 is 1.56. The van der Waals surface area contributed by atoms with E-state index in [1.165, 1.54) is 0 Å². The number of benzene rings is 2. The molecule has 6 nitrogen and oxygen atoms in total. The summed E-state index contributed by atoms with van der Waals surface area (Å²) in [4.78, 5) is 2.16. The van der Waals surface area contributed by atoms with Crippen LogP contribution in [-0.2, 0) is 13.6 Å². The van der Waals surface area contributed by atoms with Gasteiger partial charge >= 0.3 is 13.2 Å². The van der Waals surface area contributed by atoms with Gasteiger partial charge in [0, 0.05) is 24.7 Å². The van der Waals surface area contributed by atoms with Gasteiger partial charge < -0.3 is 14.3 Å². The van der Waals surface area contributed by atoms with Crippen molar-refractivity contribution < 1.29 is 14.0 Å². The van der Waals surface area contributed by atoms with Crippen LogP contribution in [0.4, 0.5) is 16.5 Å². The Morgan fingerprint density at radius 2 is 1.96 bits per heavy atom. The van der Waals surface area contributed by atoms with E-state index in [1.54, 1.807) is 24.5 Å². The Labute approximate surface area is 170 Å². The zero-order valence-corrected chi connectivity index (χ0v) is 17.2. The van der Waals surface area contributed by atoms with Crippen molar-refractivity contribution in [2.24, 2.45) is 17.3 Å². The highest BCUT2D eigenvalue weighted by Gasteiger charge is 2.11. The molecule has 0 saturated heterocycles. The lowest BCUT2D eigenvalue weighted by atomic mass is 10.1. The van der Waals surface area contributed by atoms with Crippen molar-refractivity contribution in [3.8, 4) is 11.5 Å². The molecule has 28 heavy (non-hydrogen) atoms. The number of hydrogen-bond donors (Lipinski definition) is 0. The first-order valence-electron chi connectivity index (χ1n) is 8.72. The average molecular weight is 393 g/mol. The molecule has 0 aliphatic heterocycles. The molecule has 3 aromatic rings. The van der Waals surface area contributed by atoms with Gasteiger partial charge in [-0.2, -0.15) is 0 Å². The summed E-state index contributed by atoms with van der Waals surface area (Å²) in [6.07, 6.45) is 1.96. The molecule has 0 spiro atoms. The van der Waals surface area contributed by atoms with Crippen molar-refractivity contribution in [1.29, 1.82) is 0 Å². The quantitative estimate of drug-likeness (QED) is 0.340. The maximum absolute atomic E-state index is 5.32. The van der Waals surface area contributed by atoms with Crippen LogP contribution < -0.4 is 18.9 Å². The molecule has 0 saturated carbocycles. The molecule has 1 heterocycles. The summed E-state index contributed by atoms with van der Waals surface area (Å²) in [5.41, 5.74) is 4.11. The zero-order valence-electron chi connectivity index (χ0n) is 16.4. The first-order valence-corrected chi connectivity index (χ1v) is 9.60. The lowest BCUT2D eigenvalue weighted by Crippen LogP contribution is -2.23. The Balaban J connectivity index is 1.74. The Kier molecular flexibility index (Phi) is 6.31. The normalized spacial score (nSPS) is 11.0. The molecule has 0 aliphatic rings. The summed E-state index contributed by atoms with van der Waals surface area (Å²) in [5.74, 6) is 1.13. The number of nitrogens with zero attached hydrogens (tertiary/aromatic N) is 4. The maximum atomic E-state index is 5.32. The van der Waals surface area contributed by atoms with Crippen molar-refractivity contribution in [3.05, 3.63) is 59.1 Å². The predicted octanol–water partition coefficient (Wildman–Crippen LogP) is 4.40. The van der Waals surface area contributed by atoms with Gasteiger partial charge in [-0.05, 0) is 64.8 Å². The first kappa shape index (κ1) is 19.9. The van der Waals surface area contributed by atoms with E-state index in [-0.39, 0.29) is 0 Å². The third kappa shape index (κ3) is 4.51. The Hall–Kier alpha value is -2.87. The van der Waals surface area contributed by atoms with Crippen LogP contribution in [0.25, 0.3) is 0 Å². The summed E-state index contributed by atoms with van der Waals surface area (Å²) < 4.78 is 12.1. The molecular weight excluding hydrogens is 371 g/mol. The maximum Gasteiger partial charge on any atom is 0.408 e. The smallest absolute Gasteiger partial charge is 0.408 e. The van der Waals surface area contributed by atoms with Crippen molar-refractivity contribution >= 4 is 35.9 Å². The van der Waals surface area contributed by atoms with Crippen LogP contribution >= 0.6 is 11.3 Å². The second-order valence-electron chi connectivity index (χ2n) is 6.43. The van der Waals surface area contributed by atoms with E-state index in [9.17, 15) is 0 Å². The standard InChI is InChI=1S/C20H22BN4O2S/c1-14-11-16(6-7-17(14)22-23-20-24(2)9-10-28-20)25(3)13-15-5-8-18(27-21)19(12-15)26-4/h5-12H,13H2,1-4H3/q+1. The summed E-state index contributed by atoms with van der Waals surface area (Å²) in [7, 11) is 10.8. The highest BCUT2D eigenvalue weighted by molar-refractivity contribution is 7.12. The number of thiazole rings is 1.